The summed E-state index contributed by atoms with van der Waals surface area (Å²) in [4.78, 5) is 2.42. The van der Waals surface area contributed by atoms with Crippen LogP contribution >= 0.6 is 39.3 Å². The van der Waals surface area contributed by atoms with E-state index in [2.05, 4.69) is 34.1 Å². The van der Waals surface area contributed by atoms with Crippen molar-refractivity contribution in [1.29, 1.82) is 0 Å². The Kier molecular flexibility index (Phi) is 5.13. The first-order chi connectivity index (χ1) is 8.69. The Morgan fingerprint density at radius 3 is 2.50 bits per heavy atom. The maximum absolute atomic E-state index is 5.88. The first-order valence-corrected chi connectivity index (χ1v) is 7.59. The minimum absolute atomic E-state index is 0.657. The Morgan fingerprint density at radius 1 is 1.11 bits per heavy atom. The van der Waals surface area contributed by atoms with Crippen molar-refractivity contribution in [3.8, 4) is 0 Å². The van der Waals surface area contributed by atoms with Crippen LogP contribution in [0.25, 0.3) is 0 Å². The molecular weight excluding hydrogens is 330 g/mol. The zero-order valence-corrected chi connectivity index (χ0v) is 12.9. The molecule has 2 N–H and O–H groups in total. The van der Waals surface area contributed by atoms with Gasteiger partial charge in [0.05, 0.1) is 0 Å². The van der Waals surface area contributed by atoms with Gasteiger partial charge in [-0.15, -0.1) is 0 Å². The lowest BCUT2D eigenvalue weighted by Gasteiger charge is -2.09. The molecule has 0 atom stereocenters. The second-order valence-electron chi connectivity index (χ2n) is 3.85. The topological polar surface area (TPSA) is 26.0 Å². The normalized spacial score (nSPS) is 10.6. The summed E-state index contributed by atoms with van der Waals surface area (Å²) >= 11 is 11.1. The summed E-state index contributed by atoms with van der Waals surface area (Å²) in [6, 6.07) is 14.2. The highest BCUT2D eigenvalue weighted by Gasteiger charge is 2.05. The van der Waals surface area contributed by atoms with Crippen molar-refractivity contribution in [3.63, 3.8) is 0 Å². The molecule has 0 aromatic heterocycles. The van der Waals surface area contributed by atoms with Crippen LogP contribution in [-0.2, 0) is 6.42 Å². The third kappa shape index (κ3) is 3.75. The molecule has 4 heteroatoms. The summed E-state index contributed by atoms with van der Waals surface area (Å²) in [6.45, 7) is 0.657. The molecule has 0 unspecified atom stereocenters. The second kappa shape index (κ2) is 6.62. The lowest BCUT2D eigenvalue weighted by molar-refractivity contribution is 0.943. The fraction of sp³-hybridized carbons (Fsp3) is 0.143. The minimum atomic E-state index is 0.657. The molecule has 0 bridgehead atoms. The minimum Gasteiger partial charge on any atom is -0.330 e. The Hall–Kier alpha value is -0.480. The molecule has 0 spiro atoms. The van der Waals surface area contributed by atoms with Gasteiger partial charge in [-0.2, -0.15) is 0 Å². The zero-order chi connectivity index (χ0) is 13.0. The van der Waals surface area contributed by atoms with Crippen LogP contribution in [-0.4, -0.2) is 6.54 Å². The van der Waals surface area contributed by atoms with Gasteiger partial charge < -0.3 is 5.73 Å². The third-order valence-electron chi connectivity index (χ3n) is 2.48. The van der Waals surface area contributed by atoms with E-state index < -0.39 is 0 Å². The number of rotatable bonds is 4. The highest BCUT2D eigenvalue weighted by atomic mass is 79.9. The van der Waals surface area contributed by atoms with Gasteiger partial charge in [-0.05, 0) is 61.0 Å². The second-order valence-corrected chi connectivity index (χ2v) is 6.31. The van der Waals surface area contributed by atoms with E-state index in [9.17, 15) is 0 Å². The molecule has 2 aromatic rings. The molecule has 0 heterocycles. The number of hydrogen-bond donors (Lipinski definition) is 1. The first-order valence-electron chi connectivity index (χ1n) is 5.61. The van der Waals surface area contributed by atoms with Crippen molar-refractivity contribution in [2.75, 3.05) is 6.54 Å². The smallest absolute Gasteiger partial charge is 0.0406 e. The van der Waals surface area contributed by atoms with Crippen molar-refractivity contribution in [1.82, 2.24) is 0 Å². The Morgan fingerprint density at radius 2 is 1.83 bits per heavy atom. The van der Waals surface area contributed by atoms with E-state index in [4.69, 9.17) is 17.3 Å². The number of halogens is 2. The zero-order valence-electron chi connectivity index (χ0n) is 9.70. The van der Waals surface area contributed by atoms with Crippen LogP contribution < -0.4 is 5.73 Å². The SMILES string of the molecule is NCCc1cc(Br)ccc1Sc1ccc(Cl)cc1. The molecule has 0 amide bonds. The van der Waals surface area contributed by atoms with Crippen molar-refractivity contribution >= 4 is 39.3 Å². The summed E-state index contributed by atoms with van der Waals surface area (Å²) in [7, 11) is 0. The molecule has 2 rings (SSSR count). The number of hydrogen-bond acceptors (Lipinski definition) is 2. The highest BCUT2D eigenvalue weighted by molar-refractivity contribution is 9.10. The summed E-state index contributed by atoms with van der Waals surface area (Å²) in [6.07, 6.45) is 0.884. The standard InChI is InChI=1S/C14H13BrClNS/c15-11-1-6-14(10(9-11)7-8-17)18-13-4-2-12(16)3-5-13/h1-6,9H,7-8,17H2. The quantitative estimate of drug-likeness (QED) is 0.867. The van der Waals surface area contributed by atoms with E-state index in [0.29, 0.717) is 6.54 Å². The Labute approximate surface area is 125 Å². The van der Waals surface area contributed by atoms with Crippen LogP contribution in [0.2, 0.25) is 5.02 Å². The van der Waals surface area contributed by atoms with Crippen LogP contribution in [0.5, 0.6) is 0 Å². The van der Waals surface area contributed by atoms with Crippen molar-refractivity contribution in [2.45, 2.75) is 16.2 Å². The van der Waals surface area contributed by atoms with Crippen LogP contribution in [0.3, 0.4) is 0 Å². The van der Waals surface area contributed by atoms with Gasteiger partial charge in [-0.3, -0.25) is 0 Å². The molecule has 2 aromatic carbocycles. The van der Waals surface area contributed by atoms with Crippen LogP contribution in [0.1, 0.15) is 5.56 Å². The van der Waals surface area contributed by atoms with Crippen molar-refractivity contribution in [2.24, 2.45) is 5.73 Å². The van der Waals surface area contributed by atoms with Gasteiger partial charge in [-0.1, -0.05) is 39.3 Å². The average molecular weight is 343 g/mol. The van der Waals surface area contributed by atoms with Crippen LogP contribution in [0.15, 0.2) is 56.7 Å². The number of nitrogens with two attached hydrogens (primary N) is 1. The van der Waals surface area contributed by atoms with Gasteiger partial charge >= 0.3 is 0 Å². The summed E-state index contributed by atoms with van der Waals surface area (Å²) in [5, 5.41) is 0.761. The fourth-order valence-electron chi connectivity index (χ4n) is 1.63. The highest BCUT2D eigenvalue weighted by Crippen LogP contribution is 2.32. The van der Waals surface area contributed by atoms with Gasteiger partial charge in [0, 0.05) is 19.3 Å². The molecule has 1 nitrogen and oxygen atoms in total. The van der Waals surface area contributed by atoms with Gasteiger partial charge in [0.15, 0.2) is 0 Å². The fourth-order valence-corrected chi connectivity index (χ4v) is 3.12. The maximum atomic E-state index is 5.88. The Bertz CT molecular complexity index is 528. The Balaban J connectivity index is 2.25. The molecule has 0 saturated heterocycles. The molecule has 18 heavy (non-hydrogen) atoms. The van der Waals surface area contributed by atoms with Gasteiger partial charge in [0.2, 0.25) is 0 Å². The molecule has 94 valence electrons. The summed E-state index contributed by atoms with van der Waals surface area (Å²) in [5.74, 6) is 0. The molecule has 0 aliphatic carbocycles. The maximum Gasteiger partial charge on any atom is 0.0406 e. The van der Waals surface area contributed by atoms with Crippen LogP contribution in [0.4, 0.5) is 0 Å². The van der Waals surface area contributed by atoms with Crippen molar-refractivity contribution in [3.05, 3.63) is 57.5 Å². The van der Waals surface area contributed by atoms with E-state index in [1.54, 1.807) is 11.8 Å². The van der Waals surface area contributed by atoms with E-state index in [-0.39, 0.29) is 0 Å². The van der Waals surface area contributed by atoms with E-state index in [0.717, 1.165) is 15.9 Å². The first kappa shape index (κ1) is 13.9. The predicted molar refractivity (Wildman–Crippen MR) is 82.5 cm³/mol. The molecule has 0 aliphatic heterocycles. The lowest BCUT2D eigenvalue weighted by Crippen LogP contribution is -2.03. The molecule has 0 radical (unpaired) electrons. The third-order valence-corrected chi connectivity index (χ3v) is 4.35. The van der Waals surface area contributed by atoms with Crippen molar-refractivity contribution < 1.29 is 0 Å². The molecule has 0 saturated carbocycles. The summed E-state index contributed by atoms with van der Waals surface area (Å²) < 4.78 is 1.09. The molecule has 0 aliphatic rings. The van der Waals surface area contributed by atoms with Gasteiger partial charge in [0.1, 0.15) is 0 Å². The lowest BCUT2D eigenvalue weighted by atomic mass is 10.1. The predicted octanol–water partition coefficient (Wildman–Crippen LogP) is 4.75. The van der Waals surface area contributed by atoms with E-state index in [1.807, 2.05) is 24.3 Å². The monoisotopic (exact) mass is 341 g/mol. The summed E-state index contributed by atoms with van der Waals surface area (Å²) in [5.41, 5.74) is 6.92. The van der Waals surface area contributed by atoms with E-state index >= 15 is 0 Å². The molecule has 0 fully saturated rings. The molecular formula is C14H13BrClNS. The van der Waals surface area contributed by atoms with Gasteiger partial charge in [-0.25, -0.2) is 0 Å². The average Bonchev–Trinajstić information content (AvgIpc) is 2.36. The van der Waals surface area contributed by atoms with E-state index in [1.165, 1.54) is 15.4 Å². The van der Waals surface area contributed by atoms with Crippen LogP contribution in [0, 0.1) is 0 Å². The number of benzene rings is 2. The largest absolute Gasteiger partial charge is 0.330 e. The van der Waals surface area contributed by atoms with Gasteiger partial charge in [0.25, 0.3) is 0 Å².